The summed E-state index contributed by atoms with van der Waals surface area (Å²) in [5.74, 6) is 0.722. The van der Waals surface area contributed by atoms with Crippen molar-refractivity contribution in [3.63, 3.8) is 0 Å². The Balaban J connectivity index is 2.02. The van der Waals surface area contributed by atoms with Gasteiger partial charge in [-0.05, 0) is 31.5 Å². The molecule has 0 atom stereocenters. The van der Waals surface area contributed by atoms with E-state index in [4.69, 9.17) is 10.5 Å². The molecule has 0 aliphatic rings. The molecule has 2 N–H and O–H groups in total. The number of benzene rings is 1. The Morgan fingerprint density at radius 2 is 2.24 bits per heavy atom. The van der Waals surface area contributed by atoms with E-state index in [1.165, 1.54) is 0 Å². The summed E-state index contributed by atoms with van der Waals surface area (Å²) in [6.45, 7) is 5.42. The summed E-state index contributed by atoms with van der Waals surface area (Å²) < 4.78 is 7.53. The van der Waals surface area contributed by atoms with Gasteiger partial charge in [0.2, 0.25) is 0 Å². The van der Waals surface area contributed by atoms with Crippen molar-refractivity contribution < 1.29 is 4.74 Å². The predicted octanol–water partition coefficient (Wildman–Crippen LogP) is 2.37. The van der Waals surface area contributed by atoms with Crippen LogP contribution in [0.3, 0.4) is 0 Å². The number of aryl methyl sites for hydroxylation is 2. The summed E-state index contributed by atoms with van der Waals surface area (Å²) in [4.78, 5) is 0. The van der Waals surface area contributed by atoms with Gasteiger partial charge in [-0.1, -0.05) is 6.07 Å². The van der Waals surface area contributed by atoms with Crippen molar-refractivity contribution in [1.29, 1.82) is 0 Å². The molecule has 0 amide bonds. The van der Waals surface area contributed by atoms with Crippen molar-refractivity contribution in [3.8, 4) is 5.75 Å². The Bertz CT molecular complexity index is 505. The van der Waals surface area contributed by atoms with Gasteiger partial charge in [-0.3, -0.25) is 4.68 Å². The molecule has 17 heavy (non-hydrogen) atoms. The number of nitrogens with two attached hydrogens (primary N) is 1. The van der Waals surface area contributed by atoms with Gasteiger partial charge < -0.3 is 10.5 Å². The van der Waals surface area contributed by atoms with E-state index in [1.807, 2.05) is 42.2 Å². The summed E-state index contributed by atoms with van der Waals surface area (Å²) in [5.41, 5.74) is 8.73. The molecule has 4 nitrogen and oxygen atoms in total. The molecule has 0 aliphatic carbocycles. The second-order valence-corrected chi connectivity index (χ2v) is 4.03. The van der Waals surface area contributed by atoms with Gasteiger partial charge in [0, 0.05) is 18.3 Å². The highest BCUT2D eigenvalue weighted by atomic mass is 16.5. The summed E-state index contributed by atoms with van der Waals surface area (Å²) in [6, 6.07) is 5.79. The molecule has 90 valence electrons. The molecule has 2 aromatic rings. The maximum Gasteiger partial charge on any atom is 0.142 e. The van der Waals surface area contributed by atoms with Crippen LogP contribution in [0.2, 0.25) is 0 Å². The molecule has 1 aromatic heterocycles. The number of hydrogen-bond donors (Lipinski definition) is 1. The fraction of sp³-hybridized carbons (Fsp3) is 0.308. The molecule has 1 heterocycles. The minimum atomic E-state index is 0.493. The van der Waals surface area contributed by atoms with E-state index >= 15 is 0 Å². The van der Waals surface area contributed by atoms with E-state index < -0.39 is 0 Å². The van der Waals surface area contributed by atoms with Crippen LogP contribution in [-0.4, -0.2) is 9.78 Å². The highest BCUT2D eigenvalue weighted by Crippen LogP contribution is 2.23. The van der Waals surface area contributed by atoms with Crippen molar-refractivity contribution in [2.75, 3.05) is 5.73 Å². The van der Waals surface area contributed by atoms with Crippen LogP contribution in [0.5, 0.6) is 5.75 Å². The van der Waals surface area contributed by atoms with Crippen LogP contribution < -0.4 is 10.5 Å². The Morgan fingerprint density at radius 3 is 2.88 bits per heavy atom. The summed E-state index contributed by atoms with van der Waals surface area (Å²) >= 11 is 0. The fourth-order valence-electron chi connectivity index (χ4n) is 1.61. The first-order valence-electron chi connectivity index (χ1n) is 5.69. The zero-order chi connectivity index (χ0) is 12.3. The van der Waals surface area contributed by atoms with Crippen LogP contribution in [0.15, 0.2) is 30.6 Å². The third-order valence-corrected chi connectivity index (χ3v) is 2.57. The maximum atomic E-state index is 5.87. The SMILES string of the molecule is CCn1cc(COc2ccc(C)cc2N)cn1. The summed E-state index contributed by atoms with van der Waals surface area (Å²) in [5, 5.41) is 4.19. The number of nitrogen functional groups attached to an aromatic ring is 1. The van der Waals surface area contributed by atoms with Gasteiger partial charge in [0.05, 0.1) is 11.9 Å². The van der Waals surface area contributed by atoms with E-state index in [2.05, 4.69) is 12.0 Å². The van der Waals surface area contributed by atoms with Crippen LogP contribution in [0, 0.1) is 6.92 Å². The number of anilines is 1. The third kappa shape index (κ3) is 2.78. The minimum Gasteiger partial charge on any atom is -0.487 e. The van der Waals surface area contributed by atoms with Crippen molar-refractivity contribution in [1.82, 2.24) is 9.78 Å². The van der Waals surface area contributed by atoms with Crippen LogP contribution in [-0.2, 0) is 13.2 Å². The standard InChI is InChI=1S/C13H17N3O/c1-3-16-8-11(7-15-16)9-17-13-5-4-10(2)6-12(13)14/h4-8H,3,9,14H2,1-2H3. The molecule has 0 spiro atoms. The van der Waals surface area contributed by atoms with E-state index in [9.17, 15) is 0 Å². The maximum absolute atomic E-state index is 5.87. The highest BCUT2D eigenvalue weighted by molar-refractivity contribution is 5.54. The average Bonchev–Trinajstić information content (AvgIpc) is 2.76. The lowest BCUT2D eigenvalue weighted by atomic mass is 10.2. The minimum absolute atomic E-state index is 0.493. The van der Waals surface area contributed by atoms with Crippen LogP contribution >= 0.6 is 0 Å². The molecule has 0 bridgehead atoms. The number of nitrogens with zero attached hydrogens (tertiary/aromatic N) is 2. The third-order valence-electron chi connectivity index (χ3n) is 2.57. The van der Waals surface area contributed by atoms with E-state index in [0.717, 1.165) is 23.4 Å². The van der Waals surface area contributed by atoms with Crippen LogP contribution in [0.25, 0.3) is 0 Å². The Kier molecular flexibility index (Phi) is 3.32. The smallest absolute Gasteiger partial charge is 0.142 e. The topological polar surface area (TPSA) is 53.1 Å². The van der Waals surface area contributed by atoms with Crippen molar-refractivity contribution in [3.05, 3.63) is 41.7 Å². The van der Waals surface area contributed by atoms with E-state index in [0.29, 0.717) is 12.3 Å². The molecule has 0 radical (unpaired) electrons. The largest absolute Gasteiger partial charge is 0.487 e. The van der Waals surface area contributed by atoms with Gasteiger partial charge in [0.1, 0.15) is 12.4 Å². The van der Waals surface area contributed by atoms with Crippen molar-refractivity contribution in [2.45, 2.75) is 27.0 Å². The zero-order valence-electron chi connectivity index (χ0n) is 10.2. The fourth-order valence-corrected chi connectivity index (χ4v) is 1.61. The first-order chi connectivity index (χ1) is 8.19. The second-order valence-electron chi connectivity index (χ2n) is 4.03. The second kappa shape index (κ2) is 4.91. The predicted molar refractivity (Wildman–Crippen MR) is 67.8 cm³/mol. The van der Waals surface area contributed by atoms with Gasteiger partial charge in [-0.25, -0.2) is 0 Å². The number of rotatable bonds is 4. The molecule has 0 aliphatic heterocycles. The summed E-state index contributed by atoms with van der Waals surface area (Å²) in [7, 11) is 0. The molecule has 0 saturated heterocycles. The van der Waals surface area contributed by atoms with Crippen molar-refractivity contribution in [2.24, 2.45) is 0 Å². The first kappa shape index (κ1) is 11.5. The van der Waals surface area contributed by atoms with E-state index in [1.54, 1.807) is 0 Å². The monoisotopic (exact) mass is 231 g/mol. The molecule has 2 rings (SSSR count). The van der Waals surface area contributed by atoms with Crippen LogP contribution in [0.4, 0.5) is 5.69 Å². The Morgan fingerprint density at radius 1 is 1.41 bits per heavy atom. The van der Waals surface area contributed by atoms with Gasteiger partial charge in [0.15, 0.2) is 0 Å². The van der Waals surface area contributed by atoms with Crippen LogP contribution in [0.1, 0.15) is 18.1 Å². The molecule has 4 heteroatoms. The summed E-state index contributed by atoms with van der Waals surface area (Å²) in [6.07, 6.45) is 3.79. The molecular formula is C13H17N3O. The van der Waals surface area contributed by atoms with Gasteiger partial charge in [-0.15, -0.1) is 0 Å². The molecular weight excluding hydrogens is 214 g/mol. The molecule has 1 aromatic carbocycles. The lowest BCUT2D eigenvalue weighted by Crippen LogP contribution is -1.98. The number of aromatic nitrogens is 2. The molecule has 0 unspecified atom stereocenters. The molecule has 0 fully saturated rings. The van der Waals surface area contributed by atoms with Gasteiger partial charge in [0.25, 0.3) is 0 Å². The number of ether oxygens (including phenoxy) is 1. The lowest BCUT2D eigenvalue weighted by molar-refractivity contribution is 0.308. The quantitative estimate of drug-likeness (QED) is 0.822. The Hall–Kier alpha value is -1.97. The zero-order valence-corrected chi connectivity index (χ0v) is 10.2. The lowest BCUT2D eigenvalue weighted by Gasteiger charge is -2.08. The Labute approximate surface area is 101 Å². The number of hydrogen-bond acceptors (Lipinski definition) is 3. The van der Waals surface area contributed by atoms with E-state index in [-0.39, 0.29) is 0 Å². The first-order valence-corrected chi connectivity index (χ1v) is 5.69. The van der Waals surface area contributed by atoms with Gasteiger partial charge >= 0.3 is 0 Å². The normalized spacial score (nSPS) is 10.5. The average molecular weight is 231 g/mol. The molecule has 0 saturated carbocycles. The van der Waals surface area contributed by atoms with Crippen molar-refractivity contribution >= 4 is 5.69 Å². The highest BCUT2D eigenvalue weighted by Gasteiger charge is 2.02. The van der Waals surface area contributed by atoms with Gasteiger partial charge in [-0.2, -0.15) is 5.10 Å².